The molecule has 0 unspecified atom stereocenters. The minimum atomic E-state index is -0.697. The molecule has 32 heavy (non-hydrogen) atoms. The molecule has 164 valence electrons. The molecule has 3 aromatic carbocycles. The van der Waals surface area contributed by atoms with E-state index in [1.54, 1.807) is 31.2 Å². The minimum absolute atomic E-state index is 0.243. The number of ether oxygens (including phenoxy) is 1. The van der Waals surface area contributed by atoms with Gasteiger partial charge in [0, 0.05) is 6.54 Å². The summed E-state index contributed by atoms with van der Waals surface area (Å²) >= 11 is 0. The van der Waals surface area contributed by atoms with Gasteiger partial charge in [0.05, 0.1) is 11.3 Å². The van der Waals surface area contributed by atoms with E-state index in [1.807, 2.05) is 42.5 Å². The van der Waals surface area contributed by atoms with Crippen LogP contribution in [0.5, 0.6) is 5.75 Å². The maximum absolute atomic E-state index is 12.8. The lowest BCUT2D eigenvalue weighted by molar-refractivity contribution is -0.122. The number of nitrogens with one attached hydrogen (secondary N) is 2. The third-order valence-corrected chi connectivity index (χ3v) is 5.73. The zero-order chi connectivity index (χ0) is 22.3. The first-order valence-corrected chi connectivity index (χ1v) is 11.1. The van der Waals surface area contributed by atoms with Crippen LogP contribution in [0.15, 0.2) is 72.8 Å². The van der Waals surface area contributed by atoms with Crippen LogP contribution in [0.4, 0.5) is 5.69 Å². The number of carbonyl (C=O) groups is 2. The summed E-state index contributed by atoms with van der Waals surface area (Å²) in [6.07, 6.45) is 3.88. The molecule has 0 heterocycles. The summed E-state index contributed by atoms with van der Waals surface area (Å²) < 4.78 is 5.91. The highest BCUT2D eigenvalue weighted by molar-refractivity contribution is 6.04. The van der Waals surface area contributed by atoms with Crippen molar-refractivity contribution in [2.24, 2.45) is 0 Å². The van der Waals surface area contributed by atoms with E-state index in [-0.39, 0.29) is 11.8 Å². The molecular formula is C27H28N2O3. The number of carbonyl (C=O) groups excluding carboxylic acids is 2. The highest BCUT2D eigenvalue weighted by atomic mass is 16.5. The Balaban J connectivity index is 1.39. The van der Waals surface area contributed by atoms with E-state index in [0.29, 0.717) is 23.5 Å². The summed E-state index contributed by atoms with van der Waals surface area (Å²) in [6, 6.07) is 22.8. The molecule has 0 radical (unpaired) electrons. The number of hydrogen-bond donors (Lipinski definition) is 2. The van der Waals surface area contributed by atoms with Gasteiger partial charge < -0.3 is 15.4 Å². The summed E-state index contributed by atoms with van der Waals surface area (Å²) in [4.78, 5) is 25.5. The van der Waals surface area contributed by atoms with Gasteiger partial charge >= 0.3 is 0 Å². The Hall–Kier alpha value is -3.60. The SMILES string of the molecule is C[C@H](Oc1ccc2c(c1)CCCC2)C(=O)Nc1ccccc1C(=O)NCc1ccccc1. The van der Waals surface area contributed by atoms with Crippen LogP contribution >= 0.6 is 0 Å². The van der Waals surface area contributed by atoms with Crippen LogP contribution in [0.3, 0.4) is 0 Å². The van der Waals surface area contributed by atoms with Gasteiger partial charge in [0.1, 0.15) is 5.75 Å². The summed E-state index contributed by atoms with van der Waals surface area (Å²) in [5, 5.41) is 5.75. The number of para-hydroxylation sites is 1. The van der Waals surface area contributed by atoms with Crippen molar-refractivity contribution in [2.75, 3.05) is 5.32 Å². The number of benzene rings is 3. The van der Waals surface area contributed by atoms with Gasteiger partial charge in [-0.1, -0.05) is 48.5 Å². The molecule has 5 heteroatoms. The Morgan fingerprint density at radius 2 is 1.62 bits per heavy atom. The van der Waals surface area contributed by atoms with Gasteiger partial charge in [0.15, 0.2) is 6.10 Å². The van der Waals surface area contributed by atoms with E-state index in [2.05, 4.69) is 16.7 Å². The van der Waals surface area contributed by atoms with Crippen LogP contribution in [0.1, 0.15) is 46.8 Å². The van der Waals surface area contributed by atoms with Crippen molar-refractivity contribution >= 4 is 17.5 Å². The molecule has 1 atom stereocenters. The Kier molecular flexibility index (Phi) is 6.85. The lowest BCUT2D eigenvalue weighted by Gasteiger charge is -2.19. The molecular weight excluding hydrogens is 400 g/mol. The summed E-state index contributed by atoms with van der Waals surface area (Å²) in [5.41, 5.74) is 4.56. The molecule has 0 fully saturated rings. The van der Waals surface area contributed by atoms with Crippen LogP contribution in [-0.2, 0) is 24.2 Å². The van der Waals surface area contributed by atoms with Crippen molar-refractivity contribution in [3.63, 3.8) is 0 Å². The molecule has 4 rings (SSSR count). The summed E-state index contributed by atoms with van der Waals surface area (Å²) in [6.45, 7) is 2.13. The zero-order valence-electron chi connectivity index (χ0n) is 18.3. The van der Waals surface area contributed by atoms with E-state index in [1.165, 1.54) is 24.0 Å². The molecule has 0 bridgehead atoms. The molecule has 1 aliphatic rings. The number of amides is 2. The third-order valence-electron chi connectivity index (χ3n) is 5.73. The summed E-state index contributed by atoms with van der Waals surface area (Å²) in [7, 11) is 0. The first-order chi connectivity index (χ1) is 15.6. The molecule has 3 aromatic rings. The van der Waals surface area contributed by atoms with E-state index >= 15 is 0 Å². The second kappa shape index (κ2) is 10.1. The Morgan fingerprint density at radius 3 is 2.44 bits per heavy atom. The number of hydrogen-bond acceptors (Lipinski definition) is 3. The van der Waals surface area contributed by atoms with E-state index in [4.69, 9.17) is 4.74 Å². The van der Waals surface area contributed by atoms with Gasteiger partial charge in [-0.2, -0.15) is 0 Å². The molecule has 2 amide bonds. The topological polar surface area (TPSA) is 67.4 Å². The van der Waals surface area contributed by atoms with Gasteiger partial charge in [-0.15, -0.1) is 0 Å². The maximum atomic E-state index is 12.8. The fourth-order valence-electron chi connectivity index (χ4n) is 3.94. The molecule has 0 spiro atoms. The third kappa shape index (κ3) is 5.35. The van der Waals surface area contributed by atoms with E-state index < -0.39 is 6.10 Å². The fourth-order valence-corrected chi connectivity index (χ4v) is 3.94. The fraction of sp³-hybridized carbons (Fsp3) is 0.259. The van der Waals surface area contributed by atoms with Crippen molar-refractivity contribution in [3.8, 4) is 5.75 Å². The highest BCUT2D eigenvalue weighted by Crippen LogP contribution is 2.26. The predicted octanol–water partition coefficient (Wildman–Crippen LogP) is 4.90. The molecule has 1 aliphatic carbocycles. The predicted molar refractivity (Wildman–Crippen MR) is 126 cm³/mol. The first-order valence-electron chi connectivity index (χ1n) is 11.1. The average Bonchev–Trinajstić information content (AvgIpc) is 2.83. The van der Waals surface area contributed by atoms with E-state index in [9.17, 15) is 9.59 Å². The zero-order valence-corrected chi connectivity index (χ0v) is 18.3. The molecule has 0 saturated carbocycles. The van der Waals surface area contributed by atoms with Gasteiger partial charge in [-0.05, 0) is 73.6 Å². The first kappa shape index (κ1) is 21.6. The van der Waals surface area contributed by atoms with Crippen molar-refractivity contribution in [1.82, 2.24) is 5.32 Å². The Bertz CT molecular complexity index is 1100. The minimum Gasteiger partial charge on any atom is -0.481 e. The van der Waals surface area contributed by atoms with Crippen molar-refractivity contribution in [3.05, 3.63) is 95.1 Å². The number of fused-ring (bicyclic) bond motifs is 1. The van der Waals surface area contributed by atoms with Crippen LogP contribution in [0.2, 0.25) is 0 Å². The molecule has 5 nitrogen and oxygen atoms in total. The summed E-state index contributed by atoms with van der Waals surface area (Å²) in [5.74, 6) is 0.154. The quantitative estimate of drug-likeness (QED) is 0.562. The van der Waals surface area contributed by atoms with Crippen molar-refractivity contribution < 1.29 is 14.3 Å². The van der Waals surface area contributed by atoms with Crippen molar-refractivity contribution in [2.45, 2.75) is 45.3 Å². The normalized spacial score (nSPS) is 13.5. The van der Waals surface area contributed by atoms with Crippen LogP contribution in [0.25, 0.3) is 0 Å². The maximum Gasteiger partial charge on any atom is 0.265 e. The molecule has 0 aliphatic heterocycles. The van der Waals surface area contributed by atoms with Gasteiger partial charge in [0.2, 0.25) is 0 Å². The standard InChI is InChI=1S/C27H28N2O3/c1-19(32-23-16-15-21-11-5-6-12-22(21)17-23)26(30)29-25-14-8-7-13-24(25)27(31)28-18-20-9-3-2-4-10-20/h2-4,7-10,13-17,19H,5-6,11-12,18H2,1H3,(H,28,31)(H,29,30)/t19-/m0/s1. The lowest BCUT2D eigenvalue weighted by Crippen LogP contribution is -2.31. The van der Waals surface area contributed by atoms with Crippen LogP contribution in [-0.4, -0.2) is 17.9 Å². The molecule has 0 aromatic heterocycles. The molecule has 0 saturated heterocycles. The second-order valence-electron chi connectivity index (χ2n) is 8.10. The van der Waals surface area contributed by atoms with Crippen molar-refractivity contribution in [1.29, 1.82) is 0 Å². The number of rotatable bonds is 7. The average molecular weight is 429 g/mol. The second-order valence-corrected chi connectivity index (χ2v) is 8.10. The van der Waals surface area contributed by atoms with E-state index in [0.717, 1.165) is 18.4 Å². The van der Waals surface area contributed by atoms with Gasteiger partial charge in [0.25, 0.3) is 11.8 Å². The van der Waals surface area contributed by atoms with Crippen LogP contribution < -0.4 is 15.4 Å². The number of aryl methyl sites for hydroxylation is 2. The monoisotopic (exact) mass is 428 g/mol. The largest absolute Gasteiger partial charge is 0.481 e. The molecule has 2 N–H and O–H groups in total. The van der Waals surface area contributed by atoms with Gasteiger partial charge in [-0.3, -0.25) is 9.59 Å². The number of anilines is 1. The van der Waals surface area contributed by atoms with Gasteiger partial charge in [-0.25, -0.2) is 0 Å². The van der Waals surface area contributed by atoms with Crippen LogP contribution in [0, 0.1) is 0 Å². The Labute approximate surface area is 188 Å². The highest BCUT2D eigenvalue weighted by Gasteiger charge is 2.19. The smallest absolute Gasteiger partial charge is 0.265 e. The lowest BCUT2D eigenvalue weighted by atomic mass is 9.92. The Morgan fingerprint density at radius 1 is 0.906 bits per heavy atom.